The van der Waals surface area contributed by atoms with Gasteiger partial charge in [0.2, 0.25) is 15.9 Å². The van der Waals surface area contributed by atoms with E-state index in [0.717, 1.165) is 34.6 Å². The average molecular weight is 481 g/mol. The summed E-state index contributed by atoms with van der Waals surface area (Å²) >= 11 is 5.89. The third-order valence-corrected chi connectivity index (χ3v) is 6.90. The van der Waals surface area contributed by atoms with Gasteiger partial charge in [-0.25, -0.2) is 12.8 Å². The Morgan fingerprint density at radius 3 is 2.42 bits per heavy atom. The summed E-state index contributed by atoms with van der Waals surface area (Å²) in [5, 5.41) is 2.63. The summed E-state index contributed by atoms with van der Waals surface area (Å²) in [6.07, 6.45) is -4.55. The molecule has 0 aliphatic carbocycles. The van der Waals surface area contributed by atoms with Gasteiger partial charge >= 0.3 is 6.36 Å². The first kappa shape index (κ1) is 23.3. The van der Waals surface area contributed by atoms with Crippen molar-refractivity contribution in [3.8, 4) is 5.75 Å². The normalized spacial score (nSPS) is 16.2. The monoisotopic (exact) mass is 480 g/mol. The Hall–Kier alpha value is -2.37. The van der Waals surface area contributed by atoms with Crippen molar-refractivity contribution >= 4 is 33.2 Å². The Kier molecular flexibility index (Phi) is 6.77. The topological polar surface area (TPSA) is 75.7 Å². The van der Waals surface area contributed by atoms with Crippen molar-refractivity contribution in [2.75, 3.05) is 18.4 Å². The highest BCUT2D eigenvalue weighted by Crippen LogP contribution is 2.29. The smallest absolute Gasteiger partial charge is 0.406 e. The van der Waals surface area contributed by atoms with Crippen LogP contribution in [0.1, 0.15) is 12.8 Å². The Morgan fingerprint density at radius 2 is 1.81 bits per heavy atom. The zero-order chi connectivity index (χ0) is 22.8. The summed E-state index contributed by atoms with van der Waals surface area (Å²) in [6, 6.07) is 7.66. The van der Waals surface area contributed by atoms with Crippen LogP contribution in [0.4, 0.5) is 23.2 Å². The molecule has 2 aromatic carbocycles. The van der Waals surface area contributed by atoms with E-state index in [2.05, 4.69) is 10.1 Å². The van der Waals surface area contributed by atoms with Gasteiger partial charge in [0, 0.05) is 25.1 Å². The van der Waals surface area contributed by atoms with Crippen molar-refractivity contribution in [3.05, 3.63) is 53.3 Å². The molecule has 0 spiro atoms. The Bertz CT molecular complexity index is 1070. The maximum Gasteiger partial charge on any atom is 0.573 e. The number of benzene rings is 2. The van der Waals surface area contributed by atoms with Crippen molar-refractivity contribution in [2.24, 2.45) is 5.92 Å². The summed E-state index contributed by atoms with van der Waals surface area (Å²) in [5.41, 5.74) is 0.240. The molecule has 3 rings (SSSR count). The molecule has 0 bridgehead atoms. The Balaban J connectivity index is 1.64. The minimum Gasteiger partial charge on any atom is -0.406 e. The predicted molar refractivity (Wildman–Crippen MR) is 105 cm³/mol. The second-order valence-corrected chi connectivity index (χ2v) is 9.16. The number of piperidine rings is 1. The molecule has 0 saturated carbocycles. The van der Waals surface area contributed by atoms with Crippen LogP contribution >= 0.6 is 11.6 Å². The lowest BCUT2D eigenvalue weighted by Gasteiger charge is -2.30. The molecule has 1 aliphatic heterocycles. The van der Waals surface area contributed by atoms with Crippen LogP contribution in [0.5, 0.6) is 5.75 Å². The molecule has 0 atom stereocenters. The van der Waals surface area contributed by atoms with Crippen molar-refractivity contribution < 1.29 is 35.5 Å². The van der Waals surface area contributed by atoms with Gasteiger partial charge in [0.1, 0.15) is 11.6 Å². The molecule has 2 aromatic rings. The van der Waals surface area contributed by atoms with E-state index in [-0.39, 0.29) is 47.4 Å². The van der Waals surface area contributed by atoms with Gasteiger partial charge in [-0.05, 0) is 43.2 Å². The van der Waals surface area contributed by atoms with Crippen molar-refractivity contribution in [3.63, 3.8) is 0 Å². The van der Waals surface area contributed by atoms with E-state index in [4.69, 9.17) is 11.6 Å². The Labute approximate surface area is 180 Å². The van der Waals surface area contributed by atoms with E-state index in [1.165, 1.54) is 12.1 Å². The maximum atomic E-state index is 13.1. The molecule has 12 heteroatoms. The van der Waals surface area contributed by atoms with Crippen LogP contribution in [0.2, 0.25) is 5.02 Å². The van der Waals surface area contributed by atoms with Crippen molar-refractivity contribution in [1.82, 2.24) is 4.31 Å². The van der Waals surface area contributed by atoms with Gasteiger partial charge in [-0.15, -0.1) is 13.2 Å². The highest BCUT2D eigenvalue weighted by atomic mass is 35.5. The van der Waals surface area contributed by atoms with Crippen LogP contribution in [0.15, 0.2) is 47.4 Å². The molecule has 0 radical (unpaired) electrons. The fraction of sp³-hybridized carbons (Fsp3) is 0.316. The highest BCUT2D eigenvalue weighted by Gasteiger charge is 2.34. The van der Waals surface area contributed by atoms with Crippen LogP contribution in [-0.4, -0.2) is 38.1 Å². The summed E-state index contributed by atoms with van der Waals surface area (Å²) in [4.78, 5) is 12.1. The van der Waals surface area contributed by atoms with Crippen LogP contribution in [0.3, 0.4) is 0 Å². The summed E-state index contributed by atoms with van der Waals surface area (Å²) in [7, 11) is -4.07. The third-order valence-electron chi connectivity index (χ3n) is 4.69. The summed E-state index contributed by atoms with van der Waals surface area (Å²) in [5.74, 6) is -2.08. The Morgan fingerprint density at radius 1 is 1.13 bits per heavy atom. The minimum absolute atomic E-state index is 0.00191. The highest BCUT2D eigenvalue weighted by molar-refractivity contribution is 7.89. The zero-order valence-corrected chi connectivity index (χ0v) is 17.4. The van der Waals surface area contributed by atoms with E-state index in [1.807, 2.05) is 0 Å². The number of alkyl halides is 3. The fourth-order valence-electron chi connectivity index (χ4n) is 3.16. The number of rotatable bonds is 5. The van der Waals surface area contributed by atoms with Crippen molar-refractivity contribution in [1.29, 1.82) is 0 Å². The molecule has 1 amide bonds. The fourth-order valence-corrected chi connectivity index (χ4v) is 4.88. The summed E-state index contributed by atoms with van der Waals surface area (Å²) in [6.45, 7) is 0.00382. The molecule has 1 heterocycles. The largest absolute Gasteiger partial charge is 0.573 e. The SMILES string of the molecule is O=C(Nc1ccc(F)cc1Cl)C1CCN(S(=O)(=O)c2cccc(OC(F)(F)F)c2)CC1. The number of halogens is 5. The molecule has 6 nitrogen and oxygen atoms in total. The molecule has 0 aromatic heterocycles. The number of ether oxygens (including phenoxy) is 1. The van der Waals surface area contributed by atoms with E-state index >= 15 is 0 Å². The number of hydrogen-bond acceptors (Lipinski definition) is 4. The molecule has 1 fully saturated rings. The first-order chi connectivity index (χ1) is 14.5. The summed E-state index contributed by atoms with van der Waals surface area (Å²) < 4.78 is 80.8. The molecule has 31 heavy (non-hydrogen) atoms. The lowest BCUT2D eigenvalue weighted by Crippen LogP contribution is -2.41. The number of amides is 1. The lowest BCUT2D eigenvalue weighted by molar-refractivity contribution is -0.274. The van der Waals surface area contributed by atoms with Gasteiger partial charge in [0.25, 0.3) is 0 Å². The van der Waals surface area contributed by atoms with E-state index < -0.39 is 33.9 Å². The maximum absolute atomic E-state index is 13.1. The number of sulfonamides is 1. The molecule has 1 N–H and O–H groups in total. The third kappa shape index (κ3) is 5.86. The standard InChI is InChI=1S/C19H17ClF4N2O4S/c20-16-10-13(21)4-5-17(16)25-18(27)12-6-8-26(9-7-12)31(28,29)15-3-1-2-14(11-15)30-19(22,23)24/h1-5,10-12H,6-9H2,(H,25,27). The van der Waals surface area contributed by atoms with Gasteiger partial charge < -0.3 is 10.1 Å². The van der Waals surface area contributed by atoms with Crippen LogP contribution in [0, 0.1) is 11.7 Å². The minimum atomic E-state index is -4.94. The molecular formula is C19H17ClF4N2O4S. The first-order valence-electron chi connectivity index (χ1n) is 9.07. The molecule has 168 valence electrons. The number of anilines is 1. The average Bonchev–Trinajstić information content (AvgIpc) is 2.69. The van der Waals surface area contributed by atoms with E-state index in [0.29, 0.717) is 0 Å². The first-order valence-corrected chi connectivity index (χ1v) is 10.9. The van der Waals surface area contributed by atoms with Gasteiger partial charge in [-0.3, -0.25) is 4.79 Å². The molecule has 1 saturated heterocycles. The van der Waals surface area contributed by atoms with Crippen LogP contribution in [-0.2, 0) is 14.8 Å². The zero-order valence-electron chi connectivity index (χ0n) is 15.8. The number of nitrogens with one attached hydrogen (secondary N) is 1. The van der Waals surface area contributed by atoms with Gasteiger partial charge in [0.15, 0.2) is 0 Å². The second-order valence-electron chi connectivity index (χ2n) is 6.81. The van der Waals surface area contributed by atoms with Crippen LogP contribution in [0.25, 0.3) is 0 Å². The predicted octanol–water partition coefficient (Wildman–Crippen LogP) is 4.42. The number of carbonyl (C=O) groups excluding carboxylic acids is 1. The molecule has 0 unspecified atom stereocenters. The van der Waals surface area contributed by atoms with Crippen molar-refractivity contribution in [2.45, 2.75) is 24.1 Å². The number of carbonyl (C=O) groups is 1. The second kappa shape index (κ2) is 9.01. The van der Waals surface area contributed by atoms with E-state index in [9.17, 15) is 30.8 Å². The van der Waals surface area contributed by atoms with Gasteiger partial charge in [-0.1, -0.05) is 17.7 Å². The van der Waals surface area contributed by atoms with E-state index in [1.54, 1.807) is 0 Å². The van der Waals surface area contributed by atoms with Crippen LogP contribution < -0.4 is 10.1 Å². The quantitative estimate of drug-likeness (QED) is 0.643. The van der Waals surface area contributed by atoms with Gasteiger partial charge in [-0.2, -0.15) is 4.31 Å². The number of nitrogens with zero attached hydrogens (tertiary/aromatic N) is 1. The molecular weight excluding hydrogens is 464 g/mol. The lowest BCUT2D eigenvalue weighted by atomic mass is 9.97. The molecule has 1 aliphatic rings. The van der Waals surface area contributed by atoms with Gasteiger partial charge in [0.05, 0.1) is 15.6 Å². The number of hydrogen-bond donors (Lipinski definition) is 1.